The third-order valence-electron chi connectivity index (χ3n) is 9.83. The molecule has 4 saturated heterocycles. The fraction of sp³-hybridized carbons (Fsp3) is 0.706. The van der Waals surface area contributed by atoms with Crippen molar-refractivity contribution in [2.75, 3.05) is 64.4 Å². The second-order valence-electron chi connectivity index (χ2n) is 14.3. The third kappa shape index (κ3) is 8.68. The van der Waals surface area contributed by atoms with Crippen LogP contribution in [0.5, 0.6) is 5.75 Å². The summed E-state index contributed by atoms with van der Waals surface area (Å²) in [5, 5.41) is 2.34. The molecule has 0 bridgehead atoms. The summed E-state index contributed by atoms with van der Waals surface area (Å²) in [7, 11) is 1.53. The largest absolute Gasteiger partial charge is 0.495 e. The maximum atomic E-state index is 13.5. The van der Waals surface area contributed by atoms with Gasteiger partial charge < -0.3 is 24.2 Å². The molecule has 11 nitrogen and oxygen atoms in total. The van der Waals surface area contributed by atoms with E-state index in [0.29, 0.717) is 28.8 Å². The number of imide groups is 1. The minimum Gasteiger partial charge on any atom is -0.495 e. The number of carbonyl (C=O) groups excluding carboxylic acids is 4. The second kappa shape index (κ2) is 14.4. The van der Waals surface area contributed by atoms with E-state index in [9.17, 15) is 19.2 Å². The molecule has 45 heavy (non-hydrogen) atoms. The topological polar surface area (TPSA) is 112 Å². The Kier molecular flexibility index (Phi) is 10.6. The van der Waals surface area contributed by atoms with E-state index in [-0.39, 0.29) is 30.9 Å². The van der Waals surface area contributed by atoms with Crippen LogP contribution in [0.3, 0.4) is 0 Å². The maximum Gasteiger partial charge on any atom is 0.410 e. The van der Waals surface area contributed by atoms with Gasteiger partial charge in [0.1, 0.15) is 11.4 Å². The standard InChI is InChI=1S/C34H51N5O6/c1-34(2,3)45-33(43)38-18-11-26(12-19-38)23-36-14-7-24(8-15-36)21-25-9-16-37(17-10-25)31(41)27-5-6-29(44-4)28(22-27)39-20-13-30(40)35-32(39)42/h5-6,22,24-26H,7-21,23H2,1-4H3,(H,35,40,42). The van der Waals surface area contributed by atoms with E-state index in [1.807, 2.05) is 30.6 Å². The van der Waals surface area contributed by atoms with Gasteiger partial charge >= 0.3 is 12.1 Å². The van der Waals surface area contributed by atoms with Gasteiger partial charge in [0.25, 0.3) is 5.91 Å². The molecule has 1 aromatic carbocycles. The summed E-state index contributed by atoms with van der Waals surface area (Å²) in [5.74, 6) is 2.19. The summed E-state index contributed by atoms with van der Waals surface area (Å²) in [6.07, 6.45) is 7.85. The SMILES string of the molecule is COc1ccc(C(=O)N2CCC(CC3CCN(CC4CCN(C(=O)OC(C)(C)C)CC4)CC3)CC2)cc1N1CCC(=O)NC1=O. The first kappa shape index (κ1) is 33.0. The highest BCUT2D eigenvalue weighted by Crippen LogP contribution is 2.34. The van der Waals surface area contributed by atoms with Crippen molar-refractivity contribution in [1.82, 2.24) is 20.0 Å². The quantitative estimate of drug-likeness (QED) is 0.466. The molecule has 4 fully saturated rings. The van der Waals surface area contributed by atoms with Crippen LogP contribution in [-0.4, -0.2) is 104 Å². The molecule has 0 spiro atoms. The van der Waals surface area contributed by atoms with Crippen molar-refractivity contribution in [3.8, 4) is 5.75 Å². The van der Waals surface area contributed by atoms with Gasteiger partial charge in [-0.1, -0.05) is 0 Å². The molecule has 5 amide bonds. The third-order valence-corrected chi connectivity index (χ3v) is 9.83. The highest BCUT2D eigenvalue weighted by atomic mass is 16.6. The van der Waals surface area contributed by atoms with Crippen LogP contribution in [0.1, 0.15) is 82.5 Å². The molecule has 0 atom stereocenters. The van der Waals surface area contributed by atoms with Crippen molar-refractivity contribution in [1.29, 1.82) is 0 Å². The predicted octanol–water partition coefficient (Wildman–Crippen LogP) is 4.74. The summed E-state index contributed by atoms with van der Waals surface area (Å²) in [4.78, 5) is 57.8. The van der Waals surface area contributed by atoms with E-state index >= 15 is 0 Å². The average molecular weight is 626 g/mol. The number of rotatable bonds is 7. The Morgan fingerprint density at radius 3 is 2.04 bits per heavy atom. The lowest BCUT2D eigenvalue weighted by Gasteiger charge is -2.39. The Morgan fingerprint density at radius 2 is 1.44 bits per heavy atom. The summed E-state index contributed by atoms with van der Waals surface area (Å²) in [6.45, 7) is 12.5. The normalized spacial score (nSPS) is 21.6. The van der Waals surface area contributed by atoms with E-state index in [4.69, 9.17) is 9.47 Å². The number of hydrogen-bond donors (Lipinski definition) is 1. The lowest BCUT2D eigenvalue weighted by atomic mass is 9.82. The molecule has 4 aliphatic heterocycles. The summed E-state index contributed by atoms with van der Waals surface area (Å²) < 4.78 is 11.0. The van der Waals surface area contributed by atoms with Gasteiger partial charge in [-0.15, -0.1) is 0 Å². The number of carbonyl (C=O) groups is 4. The Morgan fingerprint density at radius 1 is 0.844 bits per heavy atom. The number of hydrogen-bond acceptors (Lipinski definition) is 7. The fourth-order valence-electron chi connectivity index (χ4n) is 7.25. The Labute approximate surface area is 267 Å². The van der Waals surface area contributed by atoms with Crippen molar-refractivity contribution in [2.24, 2.45) is 17.8 Å². The van der Waals surface area contributed by atoms with Gasteiger partial charge in [0.05, 0.1) is 12.8 Å². The molecular formula is C34H51N5O6. The van der Waals surface area contributed by atoms with Crippen LogP contribution in [0.2, 0.25) is 0 Å². The first-order chi connectivity index (χ1) is 21.5. The van der Waals surface area contributed by atoms with Crippen molar-refractivity contribution in [3.05, 3.63) is 23.8 Å². The van der Waals surface area contributed by atoms with E-state index < -0.39 is 11.6 Å². The van der Waals surface area contributed by atoms with Crippen molar-refractivity contribution in [3.63, 3.8) is 0 Å². The molecule has 1 N–H and O–H groups in total. The highest BCUT2D eigenvalue weighted by Gasteiger charge is 2.32. The highest BCUT2D eigenvalue weighted by molar-refractivity contribution is 6.07. The Balaban J connectivity index is 1.03. The number of benzene rings is 1. The predicted molar refractivity (Wildman–Crippen MR) is 171 cm³/mol. The van der Waals surface area contributed by atoms with E-state index in [2.05, 4.69) is 10.2 Å². The average Bonchev–Trinajstić information content (AvgIpc) is 3.01. The van der Waals surface area contributed by atoms with Crippen LogP contribution in [0, 0.1) is 17.8 Å². The summed E-state index contributed by atoms with van der Waals surface area (Å²) in [5.41, 5.74) is 0.575. The number of amides is 5. The first-order valence-corrected chi connectivity index (χ1v) is 16.8. The number of ether oxygens (including phenoxy) is 2. The van der Waals surface area contributed by atoms with Gasteiger partial charge in [-0.25, -0.2) is 9.59 Å². The molecule has 0 unspecified atom stereocenters. The maximum absolute atomic E-state index is 13.5. The van der Waals surface area contributed by atoms with Crippen LogP contribution in [0.15, 0.2) is 18.2 Å². The number of piperidine rings is 3. The van der Waals surface area contributed by atoms with Crippen molar-refractivity contribution in [2.45, 2.75) is 77.7 Å². The van der Waals surface area contributed by atoms with Gasteiger partial charge in [-0.05, 0) is 115 Å². The number of nitrogens with zero attached hydrogens (tertiary/aromatic N) is 4. The monoisotopic (exact) mass is 625 g/mol. The Bertz CT molecular complexity index is 1220. The molecule has 248 valence electrons. The molecule has 0 saturated carbocycles. The van der Waals surface area contributed by atoms with Gasteiger partial charge in [0.15, 0.2) is 0 Å². The Hall–Kier alpha value is -3.34. The van der Waals surface area contributed by atoms with Crippen LogP contribution in [0.25, 0.3) is 0 Å². The van der Waals surface area contributed by atoms with E-state index in [1.165, 1.54) is 31.3 Å². The zero-order valence-electron chi connectivity index (χ0n) is 27.5. The minimum atomic E-state index is -0.499. The van der Waals surface area contributed by atoms with Crippen molar-refractivity contribution >= 4 is 29.6 Å². The van der Waals surface area contributed by atoms with Gasteiger partial charge in [0.2, 0.25) is 5.91 Å². The van der Waals surface area contributed by atoms with Gasteiger partial charge in [-0.2, -0.15) is 0 Å². The fourth-order valence-corrected chi connectivity index (χ4v) is 7.25. The molecule has 11 heteroatoms. The molecule has 1 aromatic rings. The van der Waals surface area contributed by atoms with Crippen LogP contribution < -0.4 is 15.0 Å². The van der Waals surface area contributed by atoms with Crippen LogP contribution in [-0.2, 0) is 9.53 Å². The second-order valence-corrected chi connectivity index (χ2v) is 14.3. The molecule has 0 radical (unpaired) electrons. The molecule has 0 aliphatic carbocycles. The number of methoxy groups -OCH3 is 1. The zero-order chi connectivity index (χ0) is 32.1. The summed E-state index contributed by atoms with van der Waals surface area (Å²) in [6, 6.07) is 4.68. The number of urea groups is 1. The molecule has 0 aromatic heterocycles. The van der Waals surface area contributed by atoms with Gasteiger partial charge in [0, 0.05) is 51.3 Å². The molecular weight excluding hydrogens is 574 g/mol. The molecule has 4 heterocycles. The molecule has 4 aliphatic rings. The van der Waals surface area contributed by atoms with Gasteiger partial charge in [-0.3, -0.25) is 19.8 Å². The van der Waals surface area contributed by atoms with E-state index in [0.717, 1.165) is 77.4 Å². The lowest BCUT2D eigenvalue weighted by molar-refractivity contribution is -0.120. The first-order valence-electron chi connectivity index (χ1n) is 16.8. The lowest BCUT2D eigenvalue weighted by Crippen LogP contribution is -2.49. The van der Waals surface area contributed by atoms with Crippen LogP contribution >= 0.6 is 0 Å². The number of anilines is 1. The van der Waals surface area contributed by atoms with Crippen molar-refractivity contribution < 1.29 is 28.7 Å². The van der Waals surface area contributed by atoms with Crippen LogP contribution in [0.4, 0.5) is 15.3 Å². The summed E-state index contributed by atoms with van der Waals surface area (Å²) >= 11 is 0. The smallest absolute Gasteiger partial charge is 0.410 e. The zero-order valence-corrected chi connectivity index (χ0v) is 27.5. The minimum absolute atomic E-state index is 0.0314. The van der Waals surface area contributed by atoms with E-state index in [1.54, 1.807) is 18.2 Å². The molecule has 5 rings (SSSR count). The number of nitrogens with one attached hydrogen (secondary N) is 1. The number of likely N-dealkylation sites (tertiary alicyclic amines) is 3.